The van der Waals surface area contributed by atoms with Gasteiger partial charge in [-0.3, -0.25) is 4.79 Å². The van der Waals surface area contributed by atoms with Gasteiger partial charge in [-0.2, -0.15) is 0 Å². The smallest absolute Gasteiger partial charge is 0.329 e. The van der Waals surface area contributed by atoms with Gasteiger partial charge in [-0.15, -0.1) is 0 Å². The first-order valence-electron chi connectivity index (χ1n) is 11.1. The molecule has 1 aromatic carbocycles. The molecule has 1 aliphatic heterocycles. The van der Waals surface area contributed by atoms with E-state index in [1.807, 2.05) is 31.2 Å². The largest absolute Gasteiger partial charge is 0.459 e. The molecule has 6 rings (SSSR count). The molecule has 0 aromatic heterocycles. The van der Waals surface area contributed by atoms with E-state index in [0.29, 0.717) is 17.8 Å². The number of aliphatic hydroxyl groups is 1. The van der Waals surface area contributed by atoms with Crippen molar-refractivity contribution in [3.8, 4) is 0 Å². The first kappa shape index (κ1) is 19.1. The summed E-state index contributed by atoms with van der Waals surface area (Å²) in [6, 6.07) is 7.22. The minimum Gasteiger partial charge on any atom is -0.459 e. The summed E-state index contributed by atoms with van der Waals surface area (Å²) in [5.74, 6) is 1.73. The van der Waals surface area contributed by atoms with Crippen LogP contribution >= 0.6 is 0 Å². The predicted octanol–water partition coefficient (Wildman–Crippen LogP) is 3.22. The van der Waals surface area contributed by atoms with E-state index in [1.165, 1.54) is 19.3 Å². The molecule has 4 saturated carbocycles. The number of ether oxygens (including phenoxy) is 1. The number of carbonyl (C=O) groups is 2. The molecule has 1 N–H and O–H groups in total. The number of aryl methyl sites for hydroxylation is 1. The van der Waals surface area contributed by atoms with Crippen molar-refractivity contribution < 1.29 is 19.4 Å². The van der Waals surface area contributed by atoms with Gasteiger partial charge >= 0.3 is 5.97 Å². The fraction of sp³-hybridized carbons (Fsp3) is 0.667. The van der Waals surface area contributed by atoms with Crippen molar-refractivity contribution >= 4 is 11.9 Å². The molecule has 5 heteroatoms. The first-order chi connectivity index (χ1) is 13.9. The Morgan fingerprint density at radius 1 is 1.03 bits per heavy atom. The van der Waals surface area contributed by atoms with Gasteiger partial charge < -0.3 is 14.7 Å². The highest BCUT2D eigenvalue weighted by atomic mass is 16.5. The van der Waals surface area contributed by atoms with Crippen molar-refractivity contribution in [1.82, 2.24) is 4.90 Å². The quantitative estimate of drug-likeness (QED) is 0.793. The number of esters is 1. The van der Waals surface area contributed by atoms with E-state index in [4.69, 9.17) is 4.74 Å². The van der Waals surface area contributed by atoms with Gasteiger partial charge in [0, 0.05) is 13.0 Å². The zero-order valence-corrected chi connectivity index (χ0v) is 17.2. The highest BCUT2D eigenvalue weighted by molar-refractivity contribution is 5.89. The van der Waals surface area contributed by atoms with Crippen molar-refractivity contribution in [1.29, 1.82) is 0 Å². The Morgan fingerprint density at radius 3 is 2.21 bits per heavy atom. The Hall–Kier alpha value is -1.88. The van der Waals surface area contributed by atoms with Crippen LogP contribution in [0.25, 0.3) is 0 Å². The molecular weight excluding hydrogens is 366 g/mol. The van der Waals surface area contributed by atoms with Crippen LogP contribution in [-0.2, 0) is 20.9 Å². The van der Waals surface area contributed by atoms with Crippen LogP contribution in [0.5, 0.6) is 0 Å². The Morgan fingerprint density at radius 2 is 1.62 bits per heavy atom. The Labute approximate surface area is 172 Å². The maximum Gasteiger partial charge on any atom is 0.329 e. The molecule has 5 nitrogen and oxygen atoms in total. The molecule has 29 heavy (non-hydrogen) atoms. The number of aliphatic hydroxyl groups excluding tert-OH is 1. The average Bonchev–Trinajstić information content (AvgIpc) is 3.07. The van der Waals surface area contributed by atoms with E-state index >= 15 is 0 Å². The molecule has 156 valence electrons. The molecular formula is C24H31NO4. The van der Waals surface area contributed by atoms with Crippen molar-refractivity contribution in [3.05, 3.63) is 35.4 Å². The van der Waals surface area contributed by atoms with Crippen LogP contribution < -0.4 is 0 Å². The lowest BCUT2D eigenvalue weighted by Crippen LogP contribution is -2.56. The zero-order valence-electron chi connectivity index (χ0n) is 17.2. The molecule has 4 aliphatic carbocycles. The second-order valence-electron chi connectivity index (χ2n) is 10.2. The second kappa shape index (κ2) is 7.12. The number of rotatable bonds is 4. The first-order valence-corrected chi connectivity index (χ1v) is 11.1. The molecule has 5 aliphatic rings. The number of hydrogen-bond acceptors (Lipinski definition) is 4. The van der Waals surface area contributed by atoms with Gasteiger partial charge in [0.15, 0.2) is 0 Å². The van der Waals surface area contributed by atoms with Crippen LogP contribution in [0, 0.1) is 30.1 Å². The third-order valence-electron chi connectivity index (χ3n) is 7.81. The zero-order chi connectivity index (χ0) is 20.2. The maximum absolute atomic E-state index is 13.7. The van der Waals surface area contributed by atoms with Gasteiger partial charge in [0.2, 0.25) is 5.91 Å². The molecule has 1 amide bonds. The number of benzene rings is 1. The van der Waals surface area contributed by atoms with Gasteiger partial charge in [0.1, 0.15) is 12.6 Å². The van der Waals surface area contributed by atoms with E-state index < -0.39 is 12.1 Å². The van der Waals surface area contributed by atoms with Crippen LogP contribution in [0.2, 0.25) is 0 Å². The van der Waals surface area contributed by atoms with Crippen LogP contribution in [0.15, 0.2) is 24.3 Å². The molecule has 0 radical (unpaired) electrons. The topological polar surface area (TPSA) is 66.8 Å². The molecule has 2 atom stereocenters. The van der Waals surface area contributed by atoms with Crippen molar-refractivity contribution in [2.24, 2.45) is 23.2 Å². The number of carbonyl (C=O) groups excluding carboxylic acids is 2. The minimum absolute atomic E-state index is 0.102. The standard InChI is InChI=1S/C24H31NO4/c1-15-2-4-16(5-3-15)14-29-22(27)21-9-20(26)13-25(21)23(28)24-10-17-6-18(11-24)8-19(7-17)12-24/h2-5,17-21,26H,6-14H2,1H3/t17?,18?,19?,20?,21-,24?/m0/s1. The van der Waals surface area contributed by atoms with Crippen molar-refractivity contribution in [3.63, 3.8) is 0 Å². The summed E-state index contributed by atoms with van der Waals surface area (Å²) in [5.41, 5.74) is 1.79. The molecule has 1 aromatic rings. The van der Waals surface area contributed by atoms with Crippen molar-refractivity contribution in [2.45, 2.75) is 70.6 Å². The summed E-state index contributed by atoms with van der Waals surface area (Å²) in [4.78, 5) is 28.2. The normalized spacial score (nSPS) is 37.7. The van der Waals surface area contributed by atoms with E-state index in [9.17, 15) is 14.7 Å². The number of β-amino-alcohol motifs (C(OH)–C–C–N with tert-alkyl or cyclic N) is 1. The van der Waals surface area contributed by atoms with Gasteiger partial charge in [0.25, 0.3) is 0 Å². The number of likely N-dealkylation sites (tertiary alicyclic amines) is 1. The summed E-state index contributed by atoms with van der Waals surface area (Å²) in [7, 11) is 0. The maximum atomic E-state index is 13.7. The third kappa shape index (κ3) is 3.48. The summed E-state index contributed by atoms with van der Waals surface area (Å²) < 4.78 is 5.56. The summed E-state index contributed by atoms with van der Waals surface area (Å²) >= 11 is 0. The van der Waals surface area contributed by atoms with E-state index in [2.05, 4.69) is 0 Å². The number of nitrogens with zero attached hydrogens (tertiary/aromatic N) is 1. The minimum atomic E-state index is -0.657. The lowest BCUT2D eigenvalue weighted by molar-refractivity contribution is -0.166. The Balaban J connectivity index is 1.29. The van der Waals surface area contributed by atoms with Gasteiger partial charge in [0.05, 0.1) is 11.5 Å². The molecule has 1 heterocycles. The van der Waals surface area contributed by atoms with Crippen LogP contribution in [0.4, 0.5) is 0 Å². The molecule has 1 unspecified atom stereocenters. The van der Waals surface area contributed by atoms with Gasteiger partial charge in [-0.05, 0) is 68.8 Å². The summed E-state index contributed by atoms with van der Waals surface area (Å²) in [6.07, 6.45) is 6.36. The summed E-state index contributed by atoms with van der Waals surface area (Å²) in [6.45, 7) is 2.47. The van der Waals surface area contributed by atoms with E-state index in [-0.39, 0.29) is 36.9 Å². The highest BCUT2D eigenvalue weighted by Gasteiger charge is 2.57. The second-order valence-corrected chi connectivity index (χ2v) is 10.2. The average molecular weight is 398 g/mol. The molecule has 5 fully saturated rings. The number of amides is 1. The van der Waals surface area contributed by atoms with Gasteiger partial charge in [-0.25, -0.2) is 4.79 Å². The number of hydrogen-bond donors (Lipinski definition) is 1. The van der Waals surface area contributed by atoms with E-state index in [0.717, 1.165) is 30.4 Å². The lowest BCUT2D eigenvalue weighted by Gasteiger charge is -2.56. The lowest BCUT2D eigenvalue weighted by atomic mass is 9.49. The predicted molar refractivity (Wildman–Crippen MR) is 108 cm³/mol. The monoisotopic (exact) mass is 397 g/mol. The Bertz CT molecular complexity index is 766. The summed E-state index contributed by atoms with van der Waals surface area (Å²) in [5, 5.41) is 10.3. The molecule has 4 bridgehead atoms. The SMILES string of the molecule is Cc1ccc(COC(=O)[C@@H]2CC(O)CN2C(=O)C23CC4CC(CC(C4)C2)C3)cc1. The fourth-order valence-corrected chi connectivity index (χ4v) is 6.87. The van der Waals surface area contributed by atoms with Crippen LogP contribution in [-0.4, -0.2) is 40.6 Å². The van der Waals surface area contributed by atoms with Crippen LogP contribution in [0.3, 0.4) is 0 Å². The van der Waals surface area contributed by atoms with Crippen molar-refractivity contribution in [2.75, 3.05) is 6.54 Å². The Kier molecular flexibility index (Phi) is 4.69. The third-order valence-corrected chi connectivity index (χ3v) is 7.81. The molecule has 0 spiro atoms. The molecule has 1 saturated heterocycles. The van der Waals surface area contributed by atoms with Crippen LogP contribution in [0.1, 0.15) is 56.1 Å². The van der Waals surface area contributed by atoms with Gasteiger partial charge in [-0.1, -0.05) is 29.8 Å². The highest BCUT2D eigenvalue weighted by Crippen LogP contribution is 2.60. The van der Waals surface area contributed by atoms with E-state index in [1.54, 1.807) is 4.90 Å². The fourth-order valence-electron chi connectivity index (χ4n) is 6.87.